The molecule has 17 heavy (non-hydrogen) atoms. The van der Waals surface area contributed by atoms with Crippen molar-refractivity contribution in [1.82, 2.24) is 4.90 Å². The lowest BCUT2D eigenvalue weighted by Gasteiger charge is -2.22. The molecule has 1 aromatic rings. The Bertz CT molecular complexity index is 393. The van der Waals surface area contributed by atoms with Crippen molar-refractivity contribution >= 4 is 5.97 Å². The highest BCUT2D eigenvalue weighted by molar-refractivity contribution is 5.76. The quantitative estimate of drug-likeness (QED) is 0.729. The van der Waals surface area contributed by atoms with Crippen LogP contribution in [0.15, 0.2) is 30.3 Å². The number of methoxy groups -OCH3 is 1. The van der Waals surface area contributed by atoms with E-state index in [0.717, 1.165) is 5.56 Å². The molecule has 0 N–H and O–H groups in total. The number of carbonyl (C=O) groups excluding carboxylic acids is 1. The summed E-state index contributed by atoms with van der Waals surface area (Å²) >= 11 is 0. The van der Waals surface area contributed by atoms with Gasteiger partial charge in [-0.25, -0.2) is 4.79 Å². The van der Waals surface area contributed by atoms with Gasteiger partial charge in [-0.05, 0) is 19.5 Å². The first-order chi connectivity index (χ1) is 8.15. The van der Waals surface area contributed by atoms with Crippen LogP contribution in [-0.4, -0.2) is 37.4 Å². The maximum absolute atomic E-state index is 11.7. The summed E-state index contributed by atoms with van der Waals surface area (Å²) in [6, 6.07) is 9.78. The van der Waals surface area contributed by atoms with Gasteiger partial charge in [0.25, 0.3) is 0 Å². The summed E-state index contributed by atoms with van der Waals surface area (Å²) in [4.78, 5) is 13.8. The second kappa shape index (κ2) is 4.85. The molecule has 1 aromatic carbocycles. The Kier molecular flexibility index (Phi) is 3.45. The van der Waals surface area contributed by atoms with E-state index in [1.165, 1.54) is 7.11 Å². The Morgan fingerprint density at radius 2 is 2.00 bits per heavy atom. The van der Waals surface area contributed by atoms with Gasteiger partial charge < -0.3 is 9.47 Å². The number of hydrogen-bond donors (Lipinski definition) is 0. The van der Waals surface area contributed by atoms with Gasteiger partial charge in [-0.3, -0.25) is 4.90 Å². The molecule has 0 spiro atoms. The smallest absolute Gasteiger partial charge is 0.337 e. The van der Waals surface area contributed by atoms with E-state index in [1.807, 2.05) is 49.2 Å². The molecule has 4 nitrogen and oxygen atoms in total. The molecule has 0 aromatic heterocycles. The molecule has 1 heterocycles. The molecule has 0 saturated carbocycles. The topological polar surface area (TPSA) is 38.8 Å². The normalized spacial score (nSPS) is 29.2. The third kappa shape index (κ3) is 2.18. The second-order valence-corrected chi connectivity index (χ2v) is 4.20. The first-order valence-corrected chi connectivity index (χ1v) is 5.65. The first kappa shape index (κ1) is 12.1. The molecule has 0 amide bonds. The van der Waals surface area contributed by atoms with E-state index >= 15 is 0 Å². The number of ether oxygens (including phenoxy) is 2. The molecule has 0 radical (unpaired) electrons. The van der Waals surface area contributed by atoms with Crippen molar-refractivity contribution in [2.45, 2.75) is 25.3 Å². The average molecular weight is 235 g/mol. The number of carbonyl (C=O) groups is 1. The van der Waals surface area contributed by atoms with E-state index in [4.69, 9.17) is 9.47 Å². The number of benzene rings is 1. The lowest BCUT2D eigenvalue weighted by Crippen LogP contribution is -2.31. The molecular formula is C13H17NO3. The van der Waals surface area contributed by atoms with Crippen molar-refractivity contribution in [2.24, 2.45) is 0 Å². The Hall–Kier alpha value is -1.39. The first-order valence-electron chi connectivity index (χ1n) is 5.65. The van der Waals surface area contributed by atoms with E-state index < -0.39 is 6.10 Å². The third-order valence-corrected chi connectivity index (χ3v) is 3.22. The number of rotatable bonds is 2. The highest BCUT2D eigenvalue weighted by Crippen LogP contribution is 2.34. The fourth-order valence-corrected chi connectivity index (χ4v) is 2.18. The third-order valence-electron chi connectivity index (χ3n) is 3.22. The summed E-state index contributed by atoms with van der Waals surface area (Å²) in [6.45, 7) is 1.93. The zero-order valence-electron chi connectivity index (χ0n) is 10.3. The minimum absolute atomic E-state index is 0.0846. The van der Waals surface area contributed by atoms with Crippen molar-refractivity contribution in [3.05, 3.63) is 35.9 Å². The Morgan fingerprint density at radius 1 is 1.35 bits per heavy atom. The molecule has 92 valence electrons. The largest absolute Gasteiger partial charge is 0.467 e. The van der Waals surface area contributed by atoms with Crippen LogP contribution in [0.5, 0.6) is 0 Å². The van der Waals surface area contributed by atoms with Gasteiger partial charge in [0.2, 0.25) is 0 Å². The fraction of sp³-hybridized carbons (Fsp3) is 0.462. The van der Waals surface area contributed by atoms with Gasteiger partial charge >= 0.3 is 5.97 Å². The van der Waals surface area contributed by atoms with E-state index in [2.05, 4.69) is 0 Å². The van der Waals surface area contributed by atoms with E-state index in [1.54, 1.807) is 0 Å². The monoisotopic (exact) mass is 235 g/mol. The van der Waals surface area contributed by atoms with Crippen LogP contribution in [-0.2, 0) is 14.3 Å². The Morgan fingerprint density at radius 3 is 2.59 bits per heavy atom. The van der Waals surface area contributed by atoms with Crippen molar-refractivity contribution < 1.29 is 14.3 Å². The van der Waals surface area contributed by atoms with Crippen LogP contribution >= 0.6 is 0 Å². The second-order valence-electron chi connectivity index (χ2n) is 4.20. The van der Waals surface area contributed by atoms with Gasteiger partial charge in [0, 0.05) is 0 Å². The molecule has 1 fully saturated rings. The SMILES string of the molecule is COC(=O)C1OC(C)N(C)C1c1ccccc1. The van der Waals surface area contributed by atoms with Gasteiger partial charge in [0.05, 0.1) is 13.2 Å². The molecule has 2 rings (SSSR count). The summed E-state index contributed by atoms with van der Waals surface area (Å²) in [6.07, 6.45) is -0.647. The predicted octanol–water partition coefficient (Wildman–Crippen LogP) is 1.58. The van der Waals surface area contributed by atoms with Gasteiger partial charge in [0.1, 0.15) is 6.23 Å². The molecule has 3 atom stereocenters. The van der Waals surface area contributed by atoms with Crippen molar-refractivity contribution in [3.8, 4) is 0 Å². The lowest BCUT2D eigenvalue weighted by atomic mass is 10.0. The fourth-order valence-electron chi connectivity index (χ4n) is 2.18. The van der Waals surface area contributed by atoms with Crippen molar-refractivity contribution in [1.29, 1.82) is 0 Å². The van der Waals surface area contributed by atoms with Gasteiger partial charge in [-0.1, -0.05) is 30.3 Å². The van der Waals surface area contributed by atoms with Crippen LogP contribution in [0.25, 0.3) is 0 Å². The molecule has 3 unspecified atom stereocenters. The maximum atomic E-state index is 11.7. The van der Waals surface area contributed by atoms with Crippen LogP contribution in [0.3, 0.4) is 0 Å². The zero-order chi connectivity index (χ0) is 12.4. The van der Waals surface area contributed by atoms with Crippen molar-refractivity contribution in [3.63, 3.8) is 0 Å². The van der Waals surface area contributed by atoms with Crippen LogP contribution < -0.4 is 0 Å². The van der Waals surface area contributed by atoms with Crippen molar-refractivity contribution in [2.75, 3.05) is 14.2 Å². The van der Waals surface area contributed by atoms with Gasteiger partial charge in [-0.15, -0.1) is 0 Å². The standard InChI is InChI=1S/C13H17NO3/c1-9-14(2)11(10-7-5-4-6-8-10)12(17-9)13(15)16-3/h4-9,11-12H,1-3H3. The molecule has 1 aliphatic heterocycles. The summed E-state index contributed by atoms with van der Waals surface area (Å²) in [7, 11) is 3.34. The molecule has 1 saturated heterocycles. The number of nitrogens with zero attached hydrogens (tertiary/aromatic N) is 1. The number of hydrogen-bond acceptors (Lipinski definition) is 4. The Balaban J connectivity index is 2.31. The van der Waals surface area contributed by atoms with Gasteiger partial charge in [0.15, 0.2) is 6.10 Å². The van der Waals surface area contributed by atoms with Crippen LogP contribution in [0.1, 0.15) is 18.5 Å². The minimum Gasteiger partial charge on any atom is -0.467 e. The Labute approximate surface area is 101 Å². The summed E-state index contributed by atoms with van der Waals surface area (Å²) in [5.41, 5.74) is 1.06. The van der Waals surface area contributed by atoms with Crippen LogP contribution in [0, 0.1) is 0 Å². The maximum Gasteiger partial charge on any atom is 0.337 e. The number of likely N-dealkylation sites (N-methyl/N-ethyl adjacent to an activating group) is 1. The highest BCUT2D eigenvalue weighted by Gasteiger charge is 2.43. The molecule has 0 bridgehead atoms. The number of esters is 1. The molecule has 0 aliphatic carbocycles. The summed E-state index contributed by atoms with van der Waals surface area (Å²) < 4.78 is 10.4. The van der Waals surface area contributed by atoms with Gasteiger partial charge in [-0.2, -0.15) is 0 Å². The molecular weight excluding hydrogens is 218 g/mol. The molecule has 1 aliphatic rings. The zero-order valence-corrected chi connectivity index (χ0v) is 10.3. The summed E-state index contributed by atoms with van der Waals surface area (Å²) in [5, 5.41) is 0. The average Bonchev–Trinajstić information content (AvgIpc) is 2.66. The highest BCUT2D eigenvalue weighted by atomic mass is 16.6. The predicted molar refractivity (Wildman–Crippen MR) is 63.3 cm³/mol. The molecule has 4 heteroatoms. The van der Waals surface area contributed by atoms with E-state index in [9.17, 15) is 4.79 Å². The van der Waals surface area contributed by atoms with Crippen LogP contribution in [0.2, 0.25) is 0 Å². The summed E-state index contributed by atoms with van der Waals surface area (Å²) in [5.74, 6) is -0.324. The van der Waals surface area contributed by atoms with Crippen LogP contribution in [0.4, 0.5) is 0 Å². The van der Waals surface area contributed by atoms with E-state index in [0.29, 0.717) is 0 Å². The minimum atomic E-state index is -0.553. The van der Waals surface area contributed by atoms with E-state index in [-0.39, 0.29) is 18.2 Å². The lowest BCUT2D eigenvalue weighted by molar-refractivity contribution is -0.153.